The second kappa shape index (κ2) is 7.97. The first kappa shape index (κ1) is 17.9. The van der Waals surface area contributed by atoms with E-state index >= 15 is 0 Å². The van der Waals surface area contributed by atoms with Gasteiger partial charge in [0, 0.05) is 0 Å². The number of nitrogens with one attached hydrogen (secondary N) is 1. The van der Waals surface area contributed by atoms with Crippen molar-refractivity contribution in [2.45, 2.75) is 18.2 Å². The van der Waals surface area contributed by atoms with Crippen LogP contribution < -0.4 is 4.83 Å². The number of hydrazone groups is 1. The third-order valence-corrected chi connectivity index (χ3v) is 5.19. The molecule has 3 rings (SSSR count). The summed E-state index contributed by atoms with van der Waals surface area (Å²) < 4.78 is 24.3. The highest BCUT2D eigenvalue weighted by atomic mass is 32.2. The number of sulfonamides is 1. The summed E-state index contributed by atoms with van der Waals surface area (Å²) >= 11 is 0. The average molecular weight is 364 g/mol. The van der Waals surface area contributed by atoms with E-state index in [0.717, 1.165) is 17.5 Å². The number of aryl methyl sites for hydroxylation is 1. The van der Waals surface area contributed by atoms with Crippen LogP contribution in [-0.2, 0) is 16.4 Å². The van der Waals surface area contributed by atoms with Gasteiger partial charge in [0.05, 0.1) is 11.1 Å². The second-order valence-electron chi connectivity index (χ2n) is 6.07. The number of rotatable bonds is 6. The molecule has 0 unspecified atom stereocenters. The van der Waals surface area contributed by atoms with E-state index in [1.807, 2.05) is 49.4 Å². The van der Waals surface area contributed by atoms with Crippen LogP contribution in [0.5, 0.6) is 0 Å². The molecule has 0 aliphatic rings. The van der Waals surface area contributed by atoms with Crippen molar-refractivity contribution in [2.24, 2.45) is 5.10 Å². The zero-order valence-electron chi connectivity index (χ0n) is 14.5. The Labute approximate surface area is 154 Å². The van der Waals surface area contributed by atoms with E-state index in [-0.39, 0.29) is 4.90 Å². The summed E-state index contributed by atoms with van der Waals surface area (Å²) in [5, 5.41) is 3.86. The standard InChI is InChI=1S/C21H20N2O2S/c1-17-7-13-21(14-8-17)26(24,25)23-22-16-20-11-9-19(10-12-20)15-18-5-3-2-4-6-18/h2-14,16,23H,15H2,1H3. The fourth-order valence-electron chi connectivity index (χ4n) is 2.49. The second-order valence-corrected chi connectivity index (χ2v) is 7.73. The van der Waals surface area contributed by atoms with E-state index in [0.29, 0.717) is 0 Å². The molecule has 0 bridgehead atoms. The molecule has 0 heterocycles. The zero-order chi connectivity index (χ0) is 18.4. The molecule has 132 valence electrons. The molecule has 0 radical (unpaired) electrons. The van der Waals surface area contributed by atoms with Crippen LogP contribution in [0, 0.1) is 6.92 Å². The maximum atomic E-state index is 12.2. The lowest BCUT2D eigenvalue weighted by Gasteiger charge is -2.04. The van der Waals surface area contributed by atoms with E-state index in [2.05, 4.69) is 22.1 Å². The van der Waals surface area contributed by atoms with E-state index in [9.17, 15) is 8.42 Å². The van der Waals surface area contributed by atoms with Crippen molar-refractivity contribution >= 4 is 16.2 Å². The molecule has 3 aromatic carbocycles. The van der Waals surface area contributed by atoms with Gasteiger partial charge in [0.1, 0.15) is 0 Å². The number of hydrogen-bond donors (Lipinski definition) is 1. The lowest BCUT2D eigenvalue weighted by Crippen LogP contribution is -2.18. The first-order chi connectivity index (χ1) is 12.5. The van der Waals surface area contributed by atoms with Gasteiger partial charge in [0.25, 0.3) is 10.0 Å². The quantitative estimate of drug-likeness (QED) is 0.533. The van der Waals surface area contributed by atoms with Crippen LogP contribution in [0.1, 0.15) is 22.3 Å². The third kappa shape index (κ3) is 4.80. The molecular weight excluding hydrogens is 344 g/mol. The molecule has 26 heavy (non-hydrogen) atoms. The van der Waals surface area contributed by atoms with Gasteiger partial charge in [-0.1, -0.05) is 72.3 Å². The first-order valence-corrected chi connectivity index (χ1v) is 9.76. The summed E-state index contributed by atoms with van der Waals surface area (Å²) in [6.07, 6.45) is 2.36. The molecule has 0 aliphatic carbocycles. The lowest BCUT2D eigenvalue weighted by molar-refractivity contribution is 0.584. The molecular formula is C21H20N2O2S. The van der Waals surface area contributed by atoms with Crippen molar-refractivity contribution in [1.29, 1.82) is 0 Å². The van der Waals surface area contributed by atoms with Crippen LogP contribution in [0.2, 0.25) is 0 Å². The van der Waals surface area contributed by atoms with Gasteiger partial charge in [-0.2, -0.15) is 13.5 Å². The Kier molecular flexibility index (Phi) is 5.49. The average Bonchev–Trinajstić information content (AvgIpc) is 2.64. The Hall–Kier alpha value is -2.92. The Morgan fingerprint density at radius 3 is 2.12 bits per heavy atom. The van der Waals surface area contributed by atoms with Gasteiger partial charge in [-0.15, -0.1) is 0 Å². The van der Waals surface area contributed by atoms with Gasteiger partial charge in [-0.05, 0) is 42.2 Å². The minimum absolute atomic E-state index is 0.193. The van der Waals surface area contributed by atoms with Crippen LogP contribution in [0.3, 0.4) is 0 Å². The van der Waals surface area contributed by atoms with Gasteiger partial charge in [0.15, 0.2) is 0 Å². The molecule has 0 saturated carbocycles. The first-order valence-electron chi connectivity index (χ1n) is 8.27. The Morgan fingerprint density at radius 2 is 1.46 bits per heavy atom. The van der Waals surface area contributed by atoms with Crippen molar-refractivity contribution in [1.82, 2.24) is 4.83 Å². The summed E-state index contributed by atoms with van der Waals surface area (Å²) in [6.45, 7) is 1.91. The molecule has 5 heteroatoms. The van der Waals surface area contributed by atoms with E-state index in [1.165, 1.54) is 17.3 Å². The van der Waals surface area contributed by atoms with Crippen molar-refractivity contribution in [2.75, 3.05) is 0 Å². The summed E-state index contributed by atoms with van der Waals surface area (Å²) in [7, 11) is -3.64. The largest absolute Gasteiger partial charge is 0.276 e. The highest BCUT2D eigenvalue weighted by Gasteiger charge is 2.11. The predicted octanol–water partition coefficient (Wildman–Crippen LogP) is 3.90. The highest BCUT2D eigenvalue weighted by molar-refractivity contribution is 7.89. The zero-order valence-corrected chi connectivity index (χ0v) is 15.3. The van der Waals surface area contributed by atoms with Crippen molar-refractivity contribution in [3.05, 3.63) is 101 Å². The molecule has 0 spiro atoms. The van der Waals surface area contributed by atoms with Gasteiger partial charge in [-0.3, -0.25) is 0 Å². The van der Waals surface area contributed by atoms with Crippen LogP contribution in [0.25, 0.3) is 0 Å². The van der Waals surface area contributed by atoms with Gasteiger partial charge >= 0.3 is 0 Å². The SMILES string of the molecule is Cc1ccc(S(=O)(=O)NN=Cc2ccc(Cc3ccccc3)cc2)cc1. The molecule has 0 atom stereocenters. The lowest BCUT2D eigenvalue weighted by atomic mass is 10.0. The molecule has 0 fully saturated rings. The maximum Gasteiger partial charge on any atom is 0.276 e. The summed E-state index contributed by atoms with van der Waals surface area (Å²) in [6, 6.07) is 24.7. The summed E-state index contributed by atoms with van der Waals surface area (Å²) in [5.74, 6) is 0. The molecule has 0 saturated heterocycles. The topological polar surface area (TPSA) is 58.5 Å². The Morgan fingerprint density at radius 1 is 0.846 bits per heavy atom. The van der Waals surface area contributed by atoms with Gasteiger partial charge in [-0.25, -0.2) is 4.83 Å². The molecule has 0 aromatic heterocycles. The normalized spacial score (nSPS) is 11.6. The molecule has 0 aliphatic heterocycles. The number of hydrogen-bond acceptors (Lipinski definition) is 3. The van der Waals surface area contributed by atoms with Crippen LogP contribution in [-0.4, -0.2) is 14.6 Å². The van der Waals surface area contributed by atoms with Gasteiger partial charge in [0.2, 0.25) is 0 Å². The Balaban J connectivity index is 1.62. The summed E-state index contributed by atoms with van der Waals surface area (Å²) in [4.78, 5) is 2.43. The van der Waals surface area contributed by atoms with Crippen molar-refractivity contribution in [3.63, 3.8) is 0 Å². The minimum Gasteiger partial charge on any atom is -0.200 e. The van der Waals surface area contributed by atoms with Crippen molar-refractivity contribution in [3.8, 4) is 0 Å². The monoisotopic (exact) mass is 364 g/mol. The number of benzene rings is 3. The highest BCUT2D eigenvalue weighted by Crippen LogP contribution is 2.11. The van der Waals surface area contributed by atoms with Crippen LogP contribution in [0.4, 0.5) is 0 Å². The van der Waals surface area contributed by atoms with E-state index < -0.39 is 10.0 Å². The molecule has 3 aromatic rings. The number of nitrogens with zero attached hydrogens (tertiary/aromatic N) is 1. The third-order valence-electron chi connectivity index (χ3n) is 3.95. The minimum atomic E-state index is -3.64. The van der Waals surface area contributed by atoms with E-state index in [4.69, 9.17) is 0 Å². The molecule has 0 amide bonds. The van der Waals surface area contributed by atoms with Crippen LogP contribution >= 0.6 is 0 Å². The van der Waals surface area contributed by atoms with Gasteiger partial charge < -0.3 is 0 Å². The summed E-state index contributed by atoms with van der Waals surface area (Å²) in [5.41, 5.74) is 4.27. The maximum absolute atomic E-state index is 12.2. The molecule has 1 N–H and O–H groups in total. The fourth-order valence-corrected chi connectivity index (χ4v) is 3.28. The Bertz CT molecular complexity index is 978. The van der Waals surface area contributed by atoms with E-state index in [1.54, 1.807) is 24.3 Å². The molecule has 4 nitrogen and oxygen atoms in total. The smallest absolute Gasteiger partial charge is 0.200 e. The van der Waals surface area contributed by atoms with Crippen molar-refractivity contribution < 1.29 is 8.42 Å². The fraction of sp³-hybridized carbons (Fsp3) is 0.0952. The van der Waals surface area contributed by atoms with Crippen LogP contribution in [0.15, 0.2) is 88.9 Å². The predicted molar refractivity (Wildman–Crippen MR) is 105 cm³/mol.